The van der Waals surface area contributed by atoms with Gasteiger partial charge < -0.3 is 24.0 Å². The molecule has 0 unspecified atom stereocenters. The van der Waals surface area contributed by atoms with Crippen LogP contribution < -0.4 is 14.4 Å². The van der Waals surface area contributed by atoms with Crippen LogP contribution in [0.15, 0.2) is 73.3 Å². The second kappa shape index (κ2) is 15.5. The van der Waals surface area contributed by atoms with Gasteiger partial charge in [-0.25, -0.2) is 14.4 Å². The van der Waals surface area contributed by atoms with Crippen LogP contribution >= 0.6 is 0 Å². The number of amides is 1. The predicted octanol–water partition coefficient (Wildman–Crippen LogP) is 6.44. The first-order valence-electron chi connectivity index (χ1n) is 17.8. The van der Waals surface area contributed by atoms with Gasteiger partial charge >= 0.3 is 0 Å². The number of halogens is 1. The van der Waals surface area contributed by atoms with Crippen molar-refractivity contribution in [3.8, 4) is 17.2 Å². The number of carbonyl (C=O) groups excluding carboxylic acids is 1. The van der Waals surface area contributed by atoms with Crippen LogP contribution in [0.4, 0.5) is 10.2 Å². The van der Waals surface area contributed by atoms with Crippen LogP contribution in [0.5, 0.6) is 17.2 Å². The molecule has 0 N–H and O–H groups in total. The molecule has 4 aromatic rings. The zero-order valence-corrected chi connectivity index (χ0v) is 28.8. The van der Waals surface area contributed by atoms with E-state index in [1.54, 1.807) is 6.20 Å². The summed E-state index contributed by atoms with van der Waals surface area (Å²) in [6.45, 7) is 9.23. The average molecular weight is 681 g/mol. The van der Waals surface area contributed by atoms with Crippen molar-refractivity contribution in [2.75, 3.05) is 37.7 Å². The fourth-order valence-electron chi connectivity index (χ4n) is 7.34. The number of carbonyl (C=O) groups is 1. The number of nitrogens with zero attached hydrogens (tertiary/aromatic N) is 6. The Morgan fingerprint density at radius 3 is 2.56 bits per heavy atom. The van der Waals surface area contributed by atoms with Crippen LogP contribution in [-0.4, -0.2) is 81.7 Å². The summed E-state index contributed by atoms with van der Waals surface area (Å²) in [5.41, 5.74) is 3.78. The molecule has 0 aliphatic carbocycles. The predicted molar refractivity (Wildman–Crippen MR) is 188 cm³/mol. The molecule has 3 aliphatic rings. The fourth-order valence-corrected chi connectivity index (χ4v) is 7.34. The smallest absolute Gasteiger partial charge is 0.258 e. The summed E-state index contributed by atoms with van der Waals surface area (Å²) in [6.07, 6.45) is 8.97. The van der Waals surface area contributed by atoms with E-state index >= 15 is 0 Å². The number of aromatic nitrogens is 3. The standard InChI is InChI=1S/C39H45FN6O4/c1-27(2)46(30-14-20-48-21-15-30)39(47)32-22-29(40)8-9-35(32)50-37-23-41-26-43-38(37)45-18-11-31(12-19-45)49-36-10-16-42-34-13-17-44(25-33(34)36)24-28-6-4-3-5-7-28/h3-10,16,22-23,26-27,30-31H,11-15,17-21,24-25H2,1-2H3. The molecule has 2 aromatic heterocycles. The largest absolute Gasteiger partial charge is 0.490 e. The number of fused-ring (bicyclic) bond motifs is 1. The van der Waals surface area contributed by atoms with Gasteiger partial charge in [0, 0.05) is 94.7 Å². The molecule has 50 heavy (non-hydrogen) atoms. The molecule has 0 atom stereocenters. The molecule has 2 saturated heterocycles. The lowest BCUT2D eigenvalue weighted by Crippen LogP contribution is -2.47. The first-order chi connectivity index (χ1) is 24.4. The SMILES string of the molecule is CC(C)N(C(=O)c1cc(F)ccc1Oc1cncnc1N1CCC(Oc2ccnc3c2CN(Cc2ccccc2)CC3)CC1)C1CCOCC1. The van der Waals surface area contributed by atoms with Gasteiger partial charge in [-0.15, -0.1) is 0 Å². The van der Waals surface area contributed by atoms with Gasteiger partial charge in [0.2, 0.25) is 0 Å². The number of ether oxygens (including phenoxy) is 3. The Labute approximate surface area is 293 Å². The Hall–Kier alpha value is -4.61. The highest BCUT2D eigenvalue weighted by Gasteiger charge is 2.32. The number of pyridine rings is 1. The highest BCUT2D eigenvalue weighted by Crippen LogP contribution is 2.36. The number of rotatable bonds is 10. The maximum absolute atomic E-state index is 14.6. The van der Waals surface area contributed by atoms with Gasteiger partial charge in [0.15, 0.2) is 11.6 Å². The molecular weight excluding hydrogens is 635 g/mol. The second-order valence-corrected chi connectivity index (χ2v) is 13.6. The quantitative estimate of drug-likeness (QED) is 0.188. The molecule has 5 heterocycles. The zero-order valence-electron chi connectivity index (χ0n) is 28.8. The van der Waals surface area contributed by atoms with Crippen molar-refractivity contribution >= 4 is 11.7 Å². The van der Waals surface area contributed by atoms with E-state index in [1.165, 1.54) is 35.7 Å². The topological polar surface area (TPSA) is 93.2 Å². The monoisotopic (exact) mass is 680 g/mol. The van der Waals surface area contributed by atoms with Gasteiger partial charge in [-0.05, 0) is 56.5 Å². The lowest BCUT2D eigenvalue weighted by Gasteiger charge is -2.37. The number of hydrogen-bond acceptors (Lipinski definition) is 9. The van der Waals surface area contributed by atoms with Gasteiger partial charge in [0.25, 0.3) is 5.91 Å². The van der Waals surface area contributed by atoms with Gasteiger partial charge in [-0.3, -0.25) is 14.7 Å². The molecule has 10 nitrogen and oxygen atoms in total. The third-order valence-electron chi connectivity index (χ3n) is 9.86. The van der Waals surface area contributed by atoms with Crippen molar-refractivity contribution in [2.24, 2.45) is 0 Å². The summed E-state index contributed by atoms with van der Waals surface area (Å²) in [6, 6.07) is 16.6. The molecule has 3 aliphatic heterocycles. The Balaban J connectivity index is 1.03. The van der Waals surface area contributed by atoms with Gasteiger partial charge in [0.05, 0.1) is 11.8 Å². The summed E-state index contributed by atoms with van der Waals surface area (Å²) in [4.78, 5) is 33.9. The van der Waals surface area contributed by atoms with Crippen LogP contribution in [0.3, 0.4) is 0 Å². The number of benzene rings is 2. The highest BCUT2D eigenvalue weighted by atomic mass is 19.1. The van der Waals surface area contributed by atoms with E-state index in [0.717, 1.165) is 63.2 Å². The minimum absolute atomic E-state index is 0.0115. The van der Waals surface area contributed by atoms with Crippen molar-refractivity contribution in [3.63, 3.8) is 0 Å². The molecule has 0 saturated carbocycles. The number of anilines is 1. The summed E-state index contributed by atoms with van der Waals surface area (Å²) >= 11 is 0. The van der Waals surface area contributed by atoms with E-state index in [0.29, 0.717) is 37.9 Å². The van der Waals surface area contributed by atoms with Crippen molar-refractivity contribution in [1.29, 1.82) is 0 Å². The van der Waals surface area contributed by atoms with Crippen LogP contribution in [0.1, 0.15) is 66.7 Å². The molecule has 0 spiro atoms. The van der Waals surface area contributed by atoms with Crippen molar-refractivity contribution in [3.05, 3.63) is 102 Å². The fraction of sp³-hybridized carbons (Fsp3) is 0.436. The Morgan fingerprint density at radius 1 is 0.980 bits per heavy atom. The molecule has 0 bridgehead atoms. The second-order valence-electron chi connectivity index (χ2n) is 13.6. The van der Waals surface area contributed by atoms with Gasteiger partial charge in [-0.2, -0.15) is 0 Å². The van der Waals surface area contributed by atoms with E-state index in [1.807, 2.05) is 31.0 Å². The Morgan fingerprint density at radius 2 is 1.78 bits per heavy atom. The molecule has 0 radical (unpaired) electrons. The minimum atomic E-state index is -0.498. The van der Waals surface area contributed by atoms with Crippen LogP contribution in [0, 0.1) is 5.82 Å². The zero-order chi connectivity index (χ0) is 34.5. The van der Waals surface area contributed by atoms with Crippen molar-refractivity contribution < 1.29 is 23.4 Å². The van der Waals surface area contributed by atoms with Crippen molar-refractivity contribution in [1.82, 2.24) is 24.8 Å². The van der Waals surface area contributed by atoms with E-state index in [4.69, 9.17) is 14.2 Å². The Bertz CT molecular complexity index is 1760. The first-order valence-corrected chi connectivity index (χ1v) is 17.8. The van der Waals surface area contributed by atoms with Gasteiger partial charge in [-0.1, -0.05) is 30.3 Å². The van der Waals surface area contributed by atoms with Crippen molar-refractivity contribution in [2.45, 2.75) is 77.2 Å². The molecule has 2 aromatic carbocycles. The molecule has 1 amide bonds. The maximum atomic E-state index is 14.6. The van der Waals surface area contributed by atoms with Gasteiger partial charge in [0.1, 0.15) is 29.7 Å². The summed E-state index contributed by atoms with van der Waals surface area (Å²) < 4.78 is 33.2. The van der Waals surface area contributed by atoms with Crippen LogP contribution in [-0.2, 0) is 24.2 Å². The van der Waals surface area contributed by atoms with E-state index < -0.39 is 5.82 Å². The average Bonchev–Trinajstić information content (AvgIpc) is 3.14. The highest BCUT2D eigenvalue weighted by molar-refractivity contribution is 5.97. The third kappa shape index (κ3) is 7.74. The van der Waals surface area contributed by atoms with E-state index in [-0.39, 0.29) is 35.4 Å². The summed E-state index contributed by atoms with van der Waals surface area (Å²) in [5.74, 6) is 1.47. The van der Waals surface area contributed by atoms with Crippen LogP contribution in [0.25, 0.3) is 0 Å². The maximum Gasteiger partial charge on any atom is 0.258 e. The number of hydrogen-bond donors (Lipinski definition) is 0. The molecule has 7 rings (SSSR count). The van der Waals surface area contributed by atoms with E-state index in [2.05, 4.69) is 55.1 Å². The molecular formula is C39H45FN6O4. The normalized spacial score (nSPS) is 17.4. The summed E-state index contributed by atoms with van der Waals surface area (Å²) in [5, 5.41) is 0. The Kier molecular flexibility index (Phi) is 10.5. The lowest BCUT2D eigenvalue weighted by atomic mass is 10.0. The number of piperidine rings is 1. The summed E-state index contributed by atoms with van der Waals surface area (Å²) in [7, 11) is 0. The molecule has 262 valence electrons. The molecule has 11 heteroatoms. The third-order valence-corrected chi connectivity index (χ3v) is 9.86. The first kappa shape index (κ1) is 33.9. The van der Waals surface area contributed by atoms with Crippen LogP contribution in [0.2, 0.25) is 0 Å². The minimum Gasteiger partial charge on any atom is -0.490 e. The van der Waals surface area contributed by atoms with E-state index in [9.17, 15) is 9.18 Å². The lowest BCUT2D eigenvalue weighted by molar-refractivity contribution is 0.0204. The molecule has 2 fully saturated rings.